The summed E-state index contributed by atoms with van der Waals surface area (Å²) in [5.74, 6) is 1.10. The van der Waals surface area contributed by atoms with Crippen LogP contribution in [-0.2, 0) is 13.5 Å². The number of hydrogen-bond donors (Lipinski definition) is 2. The number of fused-ring (bicyclic) bond motifs is 1. The molecule has 6 heteroatoms. The highest BCUT2D eigenvalue weighted by Gasteiger charge is 2.27. The van der Waals surface area contributed by atoms with Crippen molar-refractivity contribution in [3.63, 3.8) is 0 Å². The van der Waals surface area contributed by atoms with E-state index in [1.807, 2.05) is 19.9 Å². The number of nitrogens with zero attached hydrogens (tertiary/aromatic N) is 3. The summed E-state index contributed by atoms with van der Waals surface area (Å²) >= 11 is 0. The number of aromatic amines is 1. The first-order chi connectivity index (χ1) is 14.0. The number of likely N-dealkylation sites (tertiary alicyclic amines) is 1. The number of aromatic nitrogens is 3. The molecule has 0 bridgehead atoms. The smallest absolute Gasteiger partial charge is 0.278 e. The van der Waals surface area contributed by atoms with E-state index in [0.29, 0.717) is 22.9 Å². The van der Waals surface area contributed by atoms with Gasteiger partial charge in [-0.05, 0) is 43.0 Å². The van der Waals surface area contributed by atoms with E-state index in [-0.39, 0.29) is 11.6 Å². The Morgan fingerprint density at radius 1 is 1.14 bits per heavy atom. The van der Waals surface area contributed by atoms with E-state index in [1.54, 1.807) is 17.8 Å². The molecule has 1 aliphatic rings. The fraction of sp³-hybridized carbons (Fsp3) is 0.478. The van der Waals surface area contributed by atoms with Gasteiger partial charge in [0.15, 0.2) is 0 Å². The molecule has 3 aromatic rings. The third-order valence-corrected chi connectivity index (χ3v) is 5.61. The number of rotatable bonds is 4. The second-order valence-corrected chi connectivity index (χ2v) is 7.63. The Morgan fingerprint density at radius 3 is 2.55 bits per heavy atom. The van der Waals surface area contributed by atoms with E-state index < -0.39 is 0 Å². The number of likely N-dealkylation sites (N-methyl/N-ethyl adjacent to an activating group) is 1. The topological polar surface area (TPSA) is 66.0 Å². The minimum atomic E-state index is -0.0524. The lowest BCUT2D eigenvalue weighted by atomic mass is 9.88. The molecule has 29 heavy (non-hydrogen) atoms. The SMILES string of the molecule is CC.CCc1ccc(C2CC(Nc3nc4cc[nH]c4c(=O)n3C)CN(C)C2)cc1. The van der Waals surface area contributed by atoms with Gasteiger partial charge in [0.1, 0.15) is 5.52 Å². The van der Waals surface area contributed by atoms with Crippen LogP contribution < -0.4 is 10.9 Å². The molecule has 1 fully saturated rings. The zero-order valence-corrected chi connectivity index (χ0v) is 18.2. The minimum absolute atomic E-state index is 0.0524. The zero-order chi connectivity index (χ0) is 21.0. The molecule has 6 nitrogen and oxygen atoms in total. The summed E-state index contributed by atoms with van der Waals surface area (Å²) in [4.78, 5) is 22.5. The van der Waals surface area contributed by atoms with Gasteiger partial charge in [-0.2, -0.15) is 0 Å². The van der Waals surface area contributed by atoms with Gasteiger partial charge < -0.3 is 15.2 Å². The second-order valence-electron chi connectivity index (χ2n) is 7.63. The van der Waals surface area contributed by atoms with Gasteiger partial charge in [0.05, 0.1) is 5.52 Å². The molecule has 2 unspecified atom stereocenters. The summed E-state index contributed by atoms with van der Waals surface area (Å²) < 4.78 is 1.60. The van der Waals surface area contributed by atoms with E-state index >= 15 is 0 Å². The van der Waals surface area contributed by atoms with E-state index in [4.69, 9.17) is 0 Å². The zero-order valence-electron chi connectivity index (χ0n) is 18.2. The molecule has 0 amide bonds. The molecule has 2 atom stereocenters. The van der Waals surface area contributed by atoms with E-state index in [9.17, 15) is 4.79 Å². The summed E-state index contributed by atoms with van der Waals surface area (Å²) in [5, 5.41) is 3.52. The first kappa shape index (κ1) is 21.1. The molecule has 0 aliphatic carbocycles. The van der Waals surface area contributed by atoms with Crippen molar-refractivity contribution in [2.45, 2.75) is 45.6 Å². The molecule has 1 saturated heterocycles. The van der Waals surface area contributed by atoms with Crippen LogP contribution in [0.2, 0.25) is 0 Å². The van der Waals surface area contributed by atoms with Gasteiger partial charge in [-0.1, -0.05) is 45.0 Å². The molecule has 2 N–H and O–H groups in total. The van der Waals surface area contributed by atoms with E-state index in [2.05, 4.69) is 58.4 Å². The average Bonchev–Trinajstić information content (AvgIpc) is 3.21. The Labute approximate surface area is 173 Å². The fourth-order valence-corrected chi connectivity index (χ4v) is 4.08. The molecule has 2 aromatic heterocycles. The Morgan fingerprint density at radius 2 is 1.86 bits per heavy atom. The number of piperidine rings is 1. The number of H-pyrrole nitrogens is 1. The molecule has 0 saturated carbocycles. The lowest BCUT2D eigenvalue weighted by Gasteiger charge is -2.36. The summed E-state index contributed by atoms with van der Waals surface area (Å²) in [5.41, 5.74) is 3.96. The molecular formula is C23H33N5O. The first-order valence-corrected chi connectivity index (χ1v) is 10.6. The normalized spacial score (nSPS) is 19.6. The van der Waals surface area contributed by atoms with Crippen molar-refractivity contribution >= 4 is 17.0 Å². The molecule has 0 spiro atoms. The molecule has 1 aliphatic heterocycles. The molecular weight excluding hydrogens is 362 g/mol. The first-order valence-electron chi connectivity index (χ1n) is 10.6. The fourth-order valence-electron chi connectivity index (χ4n) is 4.08. The van der Waals surface area contributed by atoms with Crippen molar-refractivity contribution in [3.8, 4) is 0 Å². The van der Waals surface area contributed by atoms with Crippen molar-refractivity contribution in [1.82, 2.24) is 19.4 Å². The van der Waals surface area contributed by atoms with Gasteiger partial charge in [-0.25, -0.2) is 4.98 Å². The predicted molar refractivity (Wildman–Crippen MR) is 121 cm³/mol. The van der Waals surface area contributed by atoms with Crippen LogP contribution in [0.15, 0.2) is 41.3 Å². The Balaban J connectivity index is 0.00000117. The minimum Gasteiger partial charge on any atom is -0.355 e. The maximum absolute atomic E-state index is 12.5. The summed E-state index contributed by atoms with van der Waals surface area (Å²) in [6, 6.07) is 11.1. The van der Waals surface area contributed by atoms with Gasteiger partial charge in [0.25, 0.3) is 5.56 Å². The summed E-state index contributed by atoms with van der Waals surface area (Å²) in [6.07, 6.45) is 3.85. The maximum Gasteiger partial charge on any atom is 0.278 e. The average molecular weight is 396 g/mol. The number of hydrogen-bond acceptors (Lipinski definition) is 4. The van der Waals surface area contributed by atoms with Crippen LogP contribution >= 0.6 is 0 Å². The standard InChI is InChI=1S/C21H27N5O.C2H6/c1-4-14-5-7-15(8-6-14)16-11-17(13-25(2)12-16)23-21-24-18-9-10-22-19(18)20(27)26(21)3;1-2/h5-10,16-17,22H,4,11-13H2,1-3H3,(H,23,24);1-2H3. The van der Waals surface area contributed by atoms with Crippen LogP contribution in [0.4, 0.5) is 5.95 Å². The highest BCUT2D eigenvalue weighted by molar-refractivity contribution is 5.75. The second kappa shape index (κ2) is 9.27. The predicted octanol–water partition coefficient (Wildman–Crippen LogP) is 3.75. The van der Waals surface area contributed by atoms with E-state index in [0.717, 1.165) is 25.9 Å². The Bertz CT molecular complexity index is 989. The third kappa shape index (κ3) is 4.53. The number of benzene rings is 1. The monoisotopic (exact) mass is 395 g/mol. The lowest BCUT2D eigenvalue weighted by molar-refractivity contribution is 0.235. The molecule has 0 radical (unpaired) electrons. The van der Waals surface area contributed by atoms with Gasteiger partial charge >= 0.3 is 0 Å². The van der Waals surface area contributed by atoms with Crippen LogP contribution in [0, 0.1) is 0 Å². The van der Waals surface area contributed by atoms with Crippen LogP contribution in [0.5, 0.6) is 0 Å². The van der Waals surface area contributed by atoms with Crippen molar-refractivity contribution in [2.24, 2.45) is 7.05 Å². The van der Waals surface area contributed by atoms with Crippen LogP contribution in [-0.4, -0.2) is 45.6 Å². The van der Waals surface area contributed by atoms with Crippen LogP contribution in [0.3, 0.4) is 0 Å². The molecule has 3 heterocycles. The van der Waals surface area contributed by atoms with Crippen molar-refractivity contribution in [1.29, 1.82) is 0 Å². The summed E-state index contributed by atoms with van der Waals surface area (Å²) in [7, 11) is 3.93. The largest absolute Gasteiger partial charge is 0.355 e. The van der Waals surface area contributed by atoms with Crippen LogP contribution in [0.25, 0.3) is 11.0 Å². The van der Waals surface area contributed by atoms with Gasteiger partial charge in [0, 0.05) is 32.4 Å². The number of anilines is 1. The van der Waals surface area contributed by atoms with E-state index in [1.165, 1.54) is 11.1 Å². The quantitative estimate of drug-likeness (QED) is 0.706. The lowest BCUT2D eigenvalue weighted by Crippen LogP contribution is -2.44. The highest BCUT2D eigenvalue weighted by atomic mass is 16.1. The van der Waals surface area contributed by atoms with Gasteiger partial charge in [-0.15, -0.1) is 0 Å². The van der Waals surface area contributed by atoms with Crippen molar-refractivity contribution < 1.29 is 0 Å². The highest BCUT2D eigenvalue weighted by Crippen LogP contribution is 2.28. The van der Waals surface area contributed by atoms with Crippen molar-refractivity contribution in [3.05, 3.63) is 58.0 Å². The van der Waals surface area contributed by atoms with Crippen molar-refractivity contribution in [2.75, 3.05) is 25.5 Å². The third-order valence-electron chi connectivity index (χ3n) is 5.61. The molecule has 4 rings (SSSR count). The number of aryl methyl sites for hydroxylation is 1. The van der Waals surface area contributed by atoms with Gasteiger partial charge in [0.2, 0.25) is 5.95 Å². The van der Waals surface area contributed by atoms with Gasteiger partial charge in [-0.3, -0.25) is 9.36 Å². The molecule has 156 valence electrons. The maximum atomic E-state index is 12.5. The molecule has 1 aromatic carbocycles. The summed E-state index contributed by atoms with van der Waals surface area (Å²) in [6.45, 7) is 8.17. The number of nitrogens with one attached hydrogen (secondary N) is 2. The Hall–Kier alpha value is -2.60. The Kier molecular flexibility index (Phi) is 6.75. The van der Waals surface area contributed by atoms with Crippen LogP contribution in [0.1, 0.15) is 44.2 Å².